The van der Waals surface area contributed by atoms with E-state index in [1.54, 1.807) is 0 Å². The second-order valence-corrected chi connectivity index (χ2v) is 5.13. The largest absolute Gasteiger partial charge is 0.361 e. The molecule has 0 radical (unpaired) electrons. The molecule has 7 heteroatoms. The van der Waals surface area contributed by atoms with Gasteiger partial charge in [0.15, 0.2) is 0 Å². The Morgan fingerprint density at radius 2 is 2.00 bits per heavy atom. The van der Waals surface area contributed by atoms with Crippen LogP contribution in [0.25, 0.3) is 10.9 Å². The van der Waals surface area contributed by atoms with Crippen molar-refractivity contribution >= 4 is 28.6 Å². The molecular formula is C16H20N4O3. The summed E-state index contributed by atoms with van der Waals surface area (Å²) in [6.45, 7) is 1.69. The van der Waals surface area contributed by atoms with Gasteiger partial charge in [-0.15, -0.1) is 0 Å². The number of para-hydroxylation sites is 1. The van der Waals surface area contributed by atoms with E-state index >= 15 is 0 Å². The first-order valence-electron chi connectivity index (χ1n) is 7.40. The first-order chi connectivity index (χ1) is 11.0. The molecule has 2 rings (SSSR count). The summed E-state index contributed by atoms with van der Waals surface area (Å²) in [5.74, 6) is -2.16. The third-order valence-electron chi connectivity index (χ3n) is 3.53. The highest BCUT2D eigenvalue weighted by molar-refractivity contribution is 6.37. The van der Waals surface area contributed by atoms with E-state index in [0.29, 0.717) is 13.0 Å². The number of carbonyl (C=O) groups is 3. The molecule has 1 heterocycles. The number of nitrogens with two attached hydrogens (primary N) is 1. The molecule has 0 aliphatic carbocycles. The fourth-order valence-electron chi connectivity index (χ4n) is 2.38. The van der Waals surface area contributed by atoms with E-state index < -0.39 is 17.7 Å². The molecule has 4 N–H and O–H groups in total. The van der Waals surface area contributed by atoms with Gasteiger partial charge in [-0.05, 0) is 18.1 Å². The summed E-state index contributed by atoms with van der Waals surface area (Å²) < 4.78 is 0. The lowest BCUT2D eigenvalue weighted by Gasteiger charge is -2.17. The van der Waals surface area contributed by atoms with E-state index in [1.165, 1.54) is 6.92 Å². The number of imide groups is 1. The minimum Gasteiger partial charge on any atom is -0.361 e. The average molecular weight is 316 g/mol. The number of fused-ring (bicyclic) bond motifs is 1. The van der Waals surface area contributed by atoms with E-state index in [0.717, 1.165) is 21.4 Å². The summed E-state index contributed by atoms with van der Waals surface area (Å²) in [6, 6.07) is 7.85. The zero-order chi connectivity index (χ0) is 16.8. The van der Waals surface area contributed by atoms with Crippen LogP contribution >= 0.6 is 0 Å². The van der Waals surface area contributed by atoms with E-state index in [1.807, 2.05) is 30.5 Å². The minimum absolute atomic E-state index is 0.0318. The number of aromatic amines is 1. The summed E-state index contributed by atoms with van der Waals surface area (Å²) in [7, 11) is 0. The maximum absolute atomic E-state index is 11.9. The summed E-state index contributed by atoms with van der Waals surface area (Å²) in [4.78, 5) is 39.1. The van der Waals surface area contributed by atoms with E-state index in [-0.39, 0.29) is 13.1 Å². The van der Waals surface area contributed by atoms with Crippen LogP contribution in [-0.4, -0.2) is 47.2 Å². The molecule has 0 atom stereocenters. The molecule has 0 bridgehead atoms. The lowest BCUT2D eigenvalue weighted by Crippen LogP contribution is -2.47. The summed E-state index contributed by atoms with van der Waals surface area (Å²) in [5.41, 5.74) is 7.42. The van der Waals surface area contributed by atoms with Crippen LogP contribution in [-0.2, 0) is 20.8 Å². The number of nitrogens with zero attached hydrogens (tertiary/aromatic N) is 1. The molecule has 0 aliphatic rings. The highest BCUT2D eigenvalue weighted by Crippen LogP contribution is 2.17. The van der Waals surface area contributed by atoms with Crippen molar-refractivity contribution in [2.75, 3.05) is 19.6 Å². The van der Waals surface area contributed by atoms with Crippen molar-refractivity contribution in [3.8, 4) is 0 Å². The molecule has 0 saturated carbocycles. The number of benzene rings is 1. The molecule has 0 unspecified atom stereocenters. The molecule has 0 fully saturated rings. The zero-order valence-electron chi connectivity index (χ0n) is 13.0. The third kappa shape index (κ3) is 3.95. The highest BCUT2D eigenvalue weighted by Gasteiger charge is 2.24. The second kappa shape index (κ2) is 7.55. The molecule has 122 valence electrons. The number of rotatable bonds is 5. The average Bonchev–Trinajstić information content (AvgIpc) is 2.95. The number of nitrogens with one attached hydrogen (secondary N) is 2. The van der Waals surface area contributed by atoms with Crippen molar-refractivity contribution in [2.45, 2.75) is 13.3 Å². The lowest BCUT2D eigenvalue weighted by atomic mass is 10.1. The van der Waals surface area contributed by atoms with Crippen LogP contribution in [0.5, 0.6) is 0 Å². The van der Waals surface area contributed by atoms with Gasteiger partial charge < -0.3 is 16.0 Å². The van der Waals surface area contributed by atoms with Crippen LogP contribution in [0.4, 0.5) is 0 Å². The van der Waals surface area contributed by atoms with Gasteiger partial charge in [0, 0.05) is 43.7 Å². The Balaban J connectivity index is 1.91. The summed E-state index contributed by atoms with van der Waals surface area (Å²) >= 11 is 0. The minimum atomic E-state index is -0.873. The van der Waals surface area contributed by atoms with Gasteiger partial charge in [0.2, 0.25) is 5.91 Å². The molecule has 0 aliphatic heterocycles. The maximum atomic E-state index is 11.9. The quantitative estimate of drug-likeness (QED) is 0.683. The normalized spacial score (nSPS) is 10.5. The van der Waals surface area contributed by atoms with E-state index in [4.69, 9.17) is 5.73 Å². The molecule has 1 aromatic heterocycles. The fraction of sp³-hybridized carbons (Fsp3) is 0.312. The van der Waals surface area contributed by atoms with Crippen LogP contribution < -0.4 is 11.1 Å². The molecule has 7 nitrogen and oxygen atoms in total. The summed E-state index contributed by atoms with van der Waals surface area (Å²) in [6.07, 6.45) is 2.47. The van der Waals surface area contributed by atoms with Crippen LogP contribution in [0.15, 0.2) is 30.5 Å². The van der Waals surface area contributed by atoms with Gasteiger partial charge in [0.05, 0.1) is 0 Å². The summed E-state index contributed by atoms with van der Waals surface area (Å²) in [5, 5.41) is 3.63. The molecule has 3 amide bonds. The van der Waals surface area contributed by atoms with Gasteiger partial charge in [-0.2, -0.15) is 0 Å². The van der Waals surface area contributed by atoms with Crippen molar-refractivity contribution in [1.82, 2.24) is 15.2 Å². The van der Waals surface area contributed by atoms with Crippen LogP contribution in [0.3, 0.4) is 0 Å². The van der Waals surface area contributed by atoms with E-state index in [2.05, 4.69) is 10.3 Å². The standard InChI is InChI=1S/C16H20N4O3/c1-11(21)20(9-7-17)16(23)15(22)18-8-6-12-10-19-14-5-3-2-4-13(12)14/h2-5,10,19H,6-9,17H2,1H3,(H,18,22). The van der Waals surface area contributed by atoms with Crippen molar-refractivity contribution in [2.24, 2.45) is 5.73 Å². The molecular weight excluding hydrogens is 296 g/mol. The second-order valence-electron chi connectivity index (χ2n) is 5.13. The highest BCUT2D eigenvalue weighted by atomic mass is 16.2. The topological polar surface area (TPSA) is 108 Å². The van der Waals surface area contributed by atoms with Crippen LogP contribution in [0, 0.1) is 0 Å². The Labute approximate surface area is 133 Å². The Morgan fingerprint density at radius 3 is 2.70 bits per heavy atom. The van der Waals surface area contributed by atoms with Gasteiger partial charge in [-0.3, -0.25) is 19.3 Å². The van der Waals surface area contributed by atoms with Crippen molar-refractivity contribution in [3.63, 3.8) is 0 Å². The lowest BCUT2D eigenvalue weighted by molar-refractivity contribution is -0.151. The maximum Gasteiger partial charge on any atom is 0.318 e. The van der Waals surface area contributed by atoms with Gasteiger partial charge in [0.25, 0.3) is 0 Å². The van der Waals surface area contributed by atoms with Gasteiger partial charge in [-0.25, -0.2) is 0 Å². The predicted octanol–water partition coefficient (Wildman–Crippen LogP) is 0.160. The van der Waals surface area contributed by atoms with Gasteiger partial charge in [0.1, 0.15) is 0 Å². The Kier molecular flexibility index (Phi) is 5.48. The number of H-pyrrole nitrogens is 1. The van der Waals surface area contributed by atoms with Crippen molar-refractivity contribution in [3.05, 3.63) is 36.0 Å². The Morgan fingerprint density at radius 1 is 1.26 bits per heavy atom. The fourth-order valence-corrected chi connectivity index (χ4v) is 2.38. The smallest absolute Gasteiger partial charge is 0.318 e. The van der Waals surface area contributed by atoms with Crippen LogP contribution in [0.1, 0.15) is 12.5 Å². The molecule has 1 aromatic carbocycles. The van der Waals surface area contributed by atoms with Gasteiger partial charge in [-0.1, -0.05) is 18.2 Å². The van der Waals surface area contributed by atoms with E-state index in [9.17, 15) is 14.4 Å². The first-order valence-corrected chi connectivity index (χ1v) is 7.40. The van der Waals surface area contributed by atoms with Gasteiger partial charge >= 0.3 is 11.8 Å². The molecule has 0 saturated heterocycles. The van der Waals surface area contributed by atoms with Crippen LogP contribution in [0.2, 0.25) is 0 Å². The number of hydrogen-bond acceptors (Lipinski definition) is 4. The SMILES string of the molecule is CC(=O)N(CCN)C(=O)C(=O)NCCc1c[nH]c2ccccc12. The number of aromatic nitrogens is 1. The third-order valence-corrected chi connectivity index (χ3v) is 3.53. The van der Waals surface area contributed by atoms with Crippen molar-refractivity contribution in [1.29, 1.82) is 0 Å². The monoisotopic (exact) mass is 316 g/mol. The number of amides is 3. The Hall–Kier alpha value is -2.67. The molecule has 2 aromatic rings. The molecule has 23 heavy (non-hydrogen) atoms. The number of carbonyl (C=O) groups excluding carboxylic acids is 3. The van der Waals surface area contributed by atoms with Crippen molar-refractivity contribution < 1.29 is 14.4 Å². The first kappa shape index (κ1) is 16.7. The Bertz CT molecular complexity index is 723. The zero-order valence-corrected chi connectivity index (χ0v) is 13.0. The molecule has 0 spiro atoms. The number of hydrogen-bond donors (Lipinski definition) is 3. The predicted molar refractivity (Wildman–Crippen MR) is 86.5 cm³/mol.